The molecule has 0 saturated carbocycles. The van der Waals surface area contributed by atoms with Gasteiger partial charge in [0.1, 0.15) is 6.54 Å². The Balaban J connectivity index is 2.00. The van der Waals surface area contributed by atoms with Gasteiger partial charge in [0.05, 0.1) is 4.90 Å². The van der Waals surface area contributed by atoms with Crippen LogP contribution >= 0.6 is 0 Å². The number of nitrogens with zero attached hydrogens (tertiary/aromatic N) is 3. The van der Waals surface area contributed by atoms with Crippen molar-refractivity contribution in [3.63, 3.8) is 0 Å². The molecule has 1 aromatic carbocycles. The third-order valence-electron chi connectivity index (χ3n) is 4.50. The van der Waals surface area contributed by atoms with Gasteiger partial charge >= 0.3 is 0 Å². The maximum absolute atomic E-state index is 12.3. The van der Waals surface area contributed by atoms with Crippen molar-refractivity contribution in [2.75, 3.05) is 38.6 Å². The van der Waals surface area contributed by atoms with E-state index in [4.69, 9.17) is 0 Å². The van der Waals surface area contributed by atoms with Crippen LogP contribution in [0.4, 0.5) is 5.69 Å². The van der Waals surface area contributed by atoms with Crippen molar-refractivity contribution >= 4 is 21.6 Å². The summed E-state index contributed by atoms with van der Waals surface area (Å²) >= 11 is 0. The van der Waals surface area contributed by atoms with E-state index in [1.54, 1.807) is 0 Å². The maximum Gasteiger partial charge on any atom is 0.251 e. The molecule has 9 heteroatoms. The number of nitrogens with one attached hydrogen (secondary N) is 1. The number of sulfonamides is 1. The van der Waals surface area contributed by atoms with Crippen molar-refractivity contribution in [1.82, 2.24) is 14.2 Å². The van der Waals surface area contributed by atoms with Gasteiger partial charge in [0.2, 0.25) is 15.9 Å². The van der Waals surface area contributed by atoms with E-state index in [9.17, 15) is 18.0 Å². The maximum atomic E-state index is 12.3. The molecule has 2 rings (SSSR count). The third-order valence-corrected chi connectivity index (χ3v) is 6.30. The second-order valence-electron chi connectivity index (χ2n) is 6.89. The van der Waals surface area contributed by atoms with Gasteiger partial charge in [-0.1, -0.05) is 12.1 Å². The highest BCUT2D eigenvalue weighted by molar-refractivity contribution is 7.89. The Morgan fingerprint density at radius 3 is 2.52 bits per heavy atom. The van der Waals surface area contributed by atoms with Crippen LogP contribution in [0.1, 0.15) is 12.5 Å². The summed E-state index contributed by atoms with van der Waals surface area (Å²) in [4.78, 5) is 26.4. The van der Waals surface area contributed by atoms with E-state index in [-0.39, 0.29) is 17.3 Å². The number of hydrogen-bond donors (Lipinski definition) is 1. The lowest BCUT2D eigenvalue weighted by Crippen LogP contribution is -2.38. The number of carbonyl (C=O) groups is 1. The summed E-state index contributed by atoms with van der Waals surface area (Å²) < 4.78 is 26.6. The van der Waals surface area contributed by atoms with E-state index in [0.717, 1.165) is 32.7 Å². The fourth-order valence-corrected chi connectivity index (χ4v) is 3.75. The van der Waals surface area contributed by atoms with Crippen LogP contribution in [0.5, 0.6) is 0 Å². The summed E-state index contributed by atoms with van der Waals surface area (Å²) in [7, 11) is -0.867. The molecule has 0 atom stereocenters. The normalized spacial score (nSPS) is 11.5. The smallest absolute Gasteiger partial charge is 0.251 e. The molecule has 0 aliphatic heterocycles. The molecular weight excluding hydrogens is 392 g/mol. The molecule has 0 aliphatic rings. The summed E-state index contributed by atoms with van der Waals surface area (Å²) in [6, 6.07) is 10.5. The zero-order valence-corrected chi connectivity index (χ0v) is 18.1. The fraction of sp³-hybridized carbons (Fsp3) is 0.400. The van der Waals surface area contributed by atoms with Gasteiger partial charge in [-0.3, -0.25) is 9.59 Å². The Hall–Kier alpha value is -2.65. The van der Waals surface area contributed by atoms with E-state index in [1.165, 1.54) is 26.4 Å². The summed E-state index contributed by atoms with van der Waals surface area (Å²) in [6.07, 6.45) is 1.20. The number of aryl methyl sites for hydroxylation is 1. The second-order valence-corrected chi connectivity index (χ2v) is 9.04. The van der Waals surface area contributed by atoms with Crippen molar-refractivity contribution in [3.8, 4) is 0 Å². The minimum absolute atomic E-state index is 0.0356. The van der Waals surface area contributed by atoms with Gasteiger partial charge in [-0.05, 0) is 37.6 Å². The van der Waals surface area contributed by atoms with Crippen LogP contribution in [0, 0.1) is 6.92 Å². The first-order valence-corrected chi connectivity index (χ1v) is 10.8. The van der Waals surface area contributed by atoms with E-state index in [2.05, 4.69) is 16.3 Å². The molecule has 158 valence electrons. The Labute approximate surface area is 171 Å². The molecule has 1 amide bonds. The van der Waals surface area contributed by atoms with Gasteiger partial charge in [0.25, 0.3) is 5.56 Å². The molecule has 1 N–H and O–H groups in total. The molecule has 29 heavy (non-hydrogen) atoms. The van der Waals surface area contributed by atoms with Gasteiger partial charge in [0.15, 0.2) is 0 Å². The molecule has 2 aromatic rings. The van der Waals surface area contributed by atoms with Crippen LogP contribution < -0.4 is 15.8 Å². The molecule has 0 saturated heterocycles. The number of pyridine rings is 1. The van der Waals surface area contributed by atoms with Crippen molar-refractivity contribution in [1.29, 1.82) is 0 Å². The molecule has 0 unspecified atom stereocenters. The highest BCUT2D eigenvalue weighted by Gasteiger charge is 2.18. The van der Waals surface area contributed by atoms with Crippen LogP contribution in [0.2, 0.25) is 0 Å². The number of benzene rings is 1. The predicted octanol–water partition coefficient (Wildman–Crippen LogP) is 1.05. The largest absolute Gasteiger partial charge is 0.370 e. The van der Waals surface area contributed by atoms with Gasteiger partial charge in [-0.25, -0.2) is 12.7 Å². The first-order chi connectivity index (χ1) is 13.6. The van der Waals surface area contributed by atoms with Gasteiger partial charge in [-0.15, -0.1) is 0 Å². The zero-order chi connectivity index (χ0) is 21.6. The van der Waals surface area contributed by atoms with Crippen LogP contribution in [0.3, 0.4) is 0 Å². The Kier molecular flexibility index (Phi) is 7.58. The van der Waals surface area contributed by atoms with E-state index < -0.39 is 15.6 Å². The van der Waals surface area contributed by atoms with Crippen LogP contribution in [0.15, 0.2) is 52.3 Å². The monoisotopic (exact) mass is 420 g/mol. The molecule has 0 spiro atoms. The predicted molar refractivity (Wildman–Crippen MR) is 114 cm³/mol. The van der Waals surface area contributed by atoms with Gasteiger partial charge in [-0.2, -0.15) is 0 Å². The molecule has 0 aliphatic carbocycles. The molecule has 1 aromatic heterocycles. The lowest BCUT2D eigenvalue weighted by Gasteiger charge is -2.23. The summed E-state index contributed by atoms with van der Waals surface area (Å²) in [5, 5.41) is 2.79. The molecule has 0 fully saturated rings. The number of carbonyl (C=O) groups excluding carboxylic acids is 1. The summed E-state index contributed by atoms with van der Waals surface area (Å²) in [6.45, 7) is 5.65. The molecule has 8 nitrogen and oxygen atoms in total. The van der Waals surface area contributed by atoms with Gasteiger partial charge in [0, 0.05) is 51.7 Å². The molecule has 0 radical (unpaired) electrons. The summed E-state index contributed by atoms with van der Waals surface area (Å²) in [5.41, 5.74) is 1.81. The Morgan fingerprint density at radius 2 is 1.90 bits per heavy atom. The van der Waals surface area contributed by atoms with Crippen molar-refractivity contribution in [3.05, 3.63) is 58.5 Å². The van der Waals surface area contributed by atoms with Gasteiger partial charge < -0.3 is 14.8 Å². The first-order valence-electron chi connectivity index (χ1n) is 9.36. The zero-order valence-electron chi connectivity index (χ0n) is 17.3. The topological polar surface area (TPSA) is 91.7 Å². The number of amides is 1. The van der Waals surface area contributed by atoms with E-state index in [1.807, 2.05) is 32.0 Å². The Bertz CT molecular complexity index is 1020. The van der Waals surface area contributed by atoms with Crippen LogP contribution in [-0.4, -0.2) is 56.9 Å². The minimum Gasteiger partial charge on any atom is -0.370 e. The summed E-state index contributed by atoms with van der Waals surface area (Å²) in [5.74, 6) is -0.355. The van der Waals surface area contributed by atoms with E-state index >= 15 is 0 Å². The molecular formula is C20H28N4O4S. The lowest BCUT2D eigenvalue weighted by molar-refractivity contribution is -0.121. The van der Waals surface area contributed by atoms with Crippen LogP contribution in [-0.2, 0) is 21.4 Å². The standard InChI is InChI=1S/C20H28N4O4S/c1-5-23(17-8-6-7-16(2)13-17)12-11-21-19(25)15-24-14-18(9-10-20(24)26)29(27,28)22(3)4/h6-10,13-14H,5,11-12,15H2,1-4H3,(H,21,25). The minimum atomic E-state index is -3.68. The third kappa shape index (κ3) is 5.91. The highest BCUT2D eigenvalue weighted by atomic mass is 32.2. The number of rotatable bonds is 9. The van der Waals surface area contributed by atoms with Crippen LogP contribution in [0.25, 0.3) is 0 Å². The Morgan fingerprint density at radius 1 is 1.17 bits per heavy atom. The lowest BCUT2D eigenvalue weighted by atomic mass is 10.2. The van der Waals surface area contributed by atoms with Crippen molar-refractivity contribution in [2.24, 2.45) is 0 Å². The second kappa shape index (κ2) is 9.71. The average Bonchev–Trinajstić information content (AvgIpc) is 2.66. The van der Waals surface area contributed by atoms with E-state index in [0.29, 0.717) is 13.1 Å². The number of anilines is 1. The number of hydrogen-bond acceptors (Lipinski definition) is 5. The molecule has 0 bridgehead atoms. The van der Waals surface area contributed by atoms with Crippen molar-refractivity contribution in [2.45, 2.75) is 25.3 Å². The first kappa shape index (κ1) is 22.6. The number of aromatic nitrogens is 1. The van der Waals surface area contributed by atoms with Crippen molar-refractivity contribution < 1.29 is 13.2 Å². The molecule has 1 heterocycles. The fourth-order valence-electron chi connectivity index (χ4n) is 2.83. The number of likely N-dealkylation sites (N-methyl/N-ethyl adjacent to an activating group) is 1. The quantitative estimate of drug-likeness (QED) is 0.655. The highest BCUT2D eigenvalue weighted by Crippen LogP contribution is 2.15. The SMILES string of the molecule is CCN(CCNC(=O)Cn1cc(S(=O)(=O)N(C)C)ccc1=O)c1cccc(C)c1. The average molecular weight is 421 g/mol.